The molecule has 1 N–H and O–H groups in total. The van der Waals surface area contributed by atoms with E-state index < -0.39 is 0 Å². The van der Waals surface area contributed by atoms with Crippen LogP contribution in [0.5, 0.6) is 5.75 Å². The molecule has 0 bridgehead atoms. The fourth-order valence-electron chi connectivity index (χ4n) is 2.68. The Morgan fingerprint density at radius 3 is 2.53 bits per heavy atom. The number of hydrogen-bond donors (Lipinski definition) is 1. The molecule has 2 rings (SSSR count). The molecule has 1 aliphatic rings. The van der Waals surface area contributed by atoms with Crippen molar-refractivity contribution < 1.29 is 4.74 Å². The van der Waals surface area contributed by atoms with Gasteiger partial charge in [-0.05, 0) is 51.2 Å². The van der Waals surface area contributed by atoms with Gasteiger partial charge in [0.25, 0.3) is 0 Å². The van der Waals surface area contributed by atoms with Crippen LogP contribution < -0.4 is 10.1 Å². The molecule has 3 nitrogen and oxygen atoms in total. The van der Waals surface area contributed by atoms with Crippen molar-refractivity contribution in [2.24, 2.45) is 5.92 Å². The monoisotopic (exact) mass is 262 g/mol. The molecule has 1 aliphatic carbocycles. The van der Waals surface area contributed by atoms with Crippen LogP contribution in [0.2, 0.25) is 0 Å². The molecule has 3 heteroatoms. The normalized spacial score (nSPS) is 22.6. The maximum absolute atomic E-state index is 5.60. The first kappa shape index (κ1) is 14.3. The number of nitrogens with zero attached hydrogens (tertiary/aromatic N) is 1. The Balaban J connectivity index is 1.75. The molecular weight excluding hydrogens is 236 g/mol. The Kier molecular flexibility index (Phi) is 4.81. The smallest absolute Gasteiger partial charge is 0.137 e. The van der Waals surface area contributed by atoms with Crippen molar-refractivity contribution in [3.63, 3.8) is 0 Å². The van der Waals surface area contributed by atoms with E-state index in [1.165, 1.54) is 18.5 Å². The Bertz CT molecular complexity index is 380. The standard InChI is InChI=1S/C16H26N2O/c1-11(2)18-15-8-13(9-15)7-14-5-6-16(10-17-14)19-12(3)4/h5-6,10-13,15,18H,7-9H2,1-4H3/t13-,15+. The summed E-state index contributed by atoms with van der Waals surface area (Å²) >= 11 is 0. The number of pyridine rings is 1. The lowest BCUT2D eigenvalue weighted by atomic mass is 9.77. The zero-order valence-corrected chi connectivity index (χ0v) is 12.5. The van der Waals surface area contributed by atoms with E-state index >= 15 is 0 Å². The van der Waals surface area contributed by atoms with Crippen molar-refractivity contribution in [3.8, 4) is 5.75 Å². The van der Waals surface area contributed by atoms with Crippen molar-refractivity contribution in [2.45, 2.75) is 65.1 Å². The molecule has 1 aromatic heterocycles. The average Bonchev–Trinajstić information content (AvgIpc) is 2.27. The van der Waals surface area contributed by atoms with Crippen molar-refractivity contribution in [2.75, 3.05) is 0 Å². The van der Waals surface area contributed by atoms with E-state index in [-0.39, 0.29) is 6.10 Å². The lowest BCUT2D eigenvalue weighted by molar-refractivity contribution is 0.209. The molecular formula is C16H26N2O. The van der Waals surface area contributed by atoms with Crippen LogP contribution in [0.15, 0.2) is 18.3 Å². The minimum atomic E-state index is 0.210. The van der Waals surface area contributed by atoms with Gasteiger partial charge in [-0.2, -0.15) is 0 Å². The largest absolute Gasteiger partial charge is 0.489 e. The quantitative estimate of drug-likeness (QED) is 0.855. The summed E-state index contributed by atoms with van der Waals surface area (Å²) in [5.41, 5.74) is 1.18. The Labute approximate surface area is 116 Å². The zero-order chi connectivity index (χ0) is 13.8. The summed E-state index contributed by atoms with van der Waals surface area (Å²) < 4.78 is 5.60. The molecule has 0 amide bonds. The van der Waals surface area contributed by atoms with Crippen LogP contribution in [-0.2, 0) is 6.42 Å². The number of hydrogen-bond acceptors (Lipinski definition) is 3. The molecule has 1 heterocycles. The third-order valence-electron chi connectivity index (χ3n) is 3.47. The van der Waals surface area contributed by atoms with Gasteiger partial charge in [-0.1, -0.05) is 13.8 Å². The highest BCUT2D eigenvalue weighted by atomic mass is 16.5. The van der Waals surface area contributed by atoms with Crippen LogP contribution in [0.25, 0.3) is 0 Å². The van der Waals surface area contributed by atoms with Gasteiger partial charge in [0.2, 0.25) is 0 Å². The van der Waals surface area contributed by atoms with Crippen LogP contribution in [0.3, 0.4) is 0 Å². The molecule has 1 fully saturated rings. The van der Waals surface area contributed by atoms with Gasteiger partial charge in [0.05, 0.1) is 12.3 Å². The van der Waals surface area contributed by atoms with E-state index in [1.54, 1.807) is 0 Å². The third kappa shape index (κ3) is 4.50. The Hall–Kier alpha value is -1.09. The molecule has 0 atom stereocenters. The Morgan fingerprint density at radius 1 is 1.26 bits per heavy atom. The van der Waals surface area contributed by atoms with E-state index in [1.807, 2.05) is 26.1 Å². The molecule has 1 aromatic rings. The van der Waals surface area contributed by atoms with Gasteiger partial charge >= 0.3 is 0 Å². The fraction of sp³-hybridized carbons (Fsp3) is 0.688. The first-order valence-corrected chi connectivity index (χ1v) is 7.40. The summed E-state index contributed by atoms with van der Waals surface area (Å²) in [6.45, 7) is 8.49. The highest BCUT2D eigenvalue weighted by Gasteiger charge is 2.29. The van der Waals surface area contributed by atoms with Crippen LogP contribution in [-0.4, -0.2) is 23.2 Å². The topological polar surface area (TPSA) is 34.1 Å². The van der Waals surface area contributed by atoms with E-state index in [0.717, 1.165) is 18.1 Å². The summed E-state index contributed by atoms with van der Waals surface area (Å²) in [5.74, 6) is 1.66. The van der Waals surface area contributed by atoms with Gasteiger partial charge in [0.15, 0.2) is 0 Å². The maximum Gasteiger partial charge on any atom is 0.137 e. The van der Waals surface area contributed by atoms with Crippen molar-refractivity contribution >= 4 is 0 Å². The minimum absolute atomic E-state index is 0.210. The van der Waals surface area contributed by atoms with Crippen LogP contribution in [0.4, 0.5) is 0 Å². The lowest BCUT2D eigenvalue weighted by Gasteiger charge is -2.37. The van der Waals surface area contributed by atoms with Gasteiger partial charge in [-0.25, -0.2) is 0 Å². The van der Waals surface area contributed by atoms with E-state index in [2.05, 4.69) is 30.2 Å². The third-order valence-corrected chi connectivity index (χ3v) is 3.47. The summed E-state index contributed by atoms with van der Waals surface area (Å²) in [4.78, 5) is 4.49. The van der Waals surface area contributed by atoms with Gasteiger partial charge in [0.1, 0.15) is 5.75 Å². The van der Waals surface area contributed by atoms with E-state index in [9.17, 15) is 0 Å². The molecule has 0 spiro atoms. The molecule has 0 saturated heterocycles. The number of aromatic nitrogens is 1. The molecule has 0 aliphatic heterocycles. The van der Waals surface area contributed by atoms with Gasteiger partial charge in [-0.3, -0.25) is 4.98 Å². The highest BCUT2D eigenvalue weighted by molar-refractivity contribution is 5.20. The van der Waals surface area contributed by atoms with Gasteiger partial charge in [0, 0.05) is 17.8 Å². The Morgan fingerprint density at radius 2 is 2.00 bits per heavy atom. The summed E-state index contributed by atoms with van der Waals surface area (Å²) in [7, 11) is 0. The predicted molar refractivity (Wildman–Crippen MR) is 78.5 cm³/mol. The maximum atomic E-state index is 5.60. The summed E-state index contributed by atoms with van der Waals surface area (Å²) in [5, 5.41) is 3.59. The molecule has 0 aromatic carbocycles. The van der Waals surface area contributed by atoms with Crippen LogP contribution >= 0.6 is 0 Å². The summed E-state index contributed by atoms with van der Waals surface area (Å²) in [6, 6.07) is 5.44. The van der Waals surface area contributed by atoms with Gasteiger partial charge in [-0.15, -0.1) is 0 Å². The number of nitrogens with one attached hydrogen (secondary N) is 1. The summed E-state index contributed by atoms with van der Waals surface area (Å²) in [6.07, 6.45) is 5.71. The average molecular weight is 262 g/mol. The highest BCUT2D eigenvalue weighted by Crippen LogP contribution is 2.30. The predicted octanol–water partition coefficient (Wildman–Crippen LogP) is 3.19. The van der Waals surface area contributed by atoms with E-state index in [4.69, 9.17) is 4.74 Å². The van der Waals surface area contributed by atoms with Crippen LogP contribution in [0, 0.1) is 5.92 Å². The molecule has 0 unspecified atom stereocenters. The SMILES string of the molecule is CC(C)N[C@H]1C[C@@H](Cc2ccc(OC(C)C)cn2)C1. The van der Waals surface area contributed by atoms with Crippen molar-refractivity contribution in [1.29, 1.82) is 0 Å². The molecule has 0 radical (unpaired) electrons. The second-order valence-corrected chi connectivity index (χ2v) is 6.21. The van der Waals surface area contributed by atoms with E-state index in [0.29, 0.717) is 12.1 Å². The fourth-order valence-corrected chi connectivity index (χ4v) is 2.68. The van der Waals surface area contributed by atoms with Gasteiger partial charge < -0.3 is 10.1 Å². The number of rotatable bonds is 6. The van der Waals surface area contributed by atoms with Crippen molar-refractivity contribution in [1.82, 2.24) is 10.3 Å². The molecule has 1 saturated carbocycles. The second kappa shape index (κ2) is 6.38. The minimum Gasteiger partial charge on any atom is -0.489 e. The first-order valence-electron chi connectivity index (χ1n) is 7.40. The molecule has 19 heavy (non-hydrogen) atoms. The second-order valence-electron chi connectivity index (χ2n) is 6.21. The lowest BCUT2D eigenvalue weighted by Crippen LogP contribution is -2.45. The first-order chi connectivity index (χ1) is 9.02. The van der Waals surface area contributed by atoms with Crippen molar-refractivity contribution in [3.05, 3.63) is 24.0 Å². The molecule has 106 valence electrons. The zero-order valence-electron chi connectivity index (χ0n) is 12.5. The number of ether oxygens (including phenoxy) is 1. The van der Waals surface area contributed by atoms with Crippen LogP contribution in [0.1, 0.15) is 46.2 Å².